The van der Waals surface area contributed by atoms with Crippen molar-refractivity contribution in [1.29, 1.82) is 0 Å². The zero-order chi connectivity index (χ0) is 17.3. The molecule has 2 heterocycles. The van der Waals surface area contributed by atoms with Gasteiger partial charge in [-0.05, 0) is 31.5 Å². The van der Waals surface area contributed by atoms with Crippen LogP contribution in [0.25, 0.3) is 0 Å². The number of aliphatic carboxylic acids is 1. The minimum absolute atomic E-state index is 0.000773. The second-order valence-corrected chi connectivity index (χ2v) is 5.92. The van der Waals surface area contributed by atoms with Crippen LogP contribution in [-0.2, 0) is 4.79 Å². The Morgan fingerprint density at radius 1 is 1.25 bits per heavy atom. The van der Waals surface area contributed by atoms with Gasteiger partial charge in [-0.25, -0.2) is 4.98 Å². The predicted octanol–water partition coefficient (Wildman–Crippen LogP) is 2.70. The number of hydrogen-bond acceptors (Lipinski definition) is 4. The molecule has 0 saturated carbocycles. The molecule has 0 radical (unpaired) electrons. The van der Waals surface area contributed by atoms with Gasteiger partial charge in [0.05, 0.1) is 11.7 Å². The van der Waals surface area contributed by atoms with Gasteiger partial charge in [-0.3, -0.25) is 9.59 Å². The number of hydrogen-bond donors (Lipinski definition) is 1. The number of ether oxygens (including phenoxy) is 1. The molecule has 0 fully saturated rings. The molecule has 1 aromatic heterocycles. The summed E-state index contributed by atoms with van der Waals surface area (Å²) in [4.78, 5) is 29.8. The molecule has 1 aromatic carbocycles. The van der Waals surface area contributed by atoms with E-state index in [2.05, 4.69) is 4.98 Å². The highest BCUT2D eigenvalue weighted by Gasteiger charge is 2.36. The van der Waals surface area contributed by atoms with Crippen LogP contribution in [0, 0.1) is 0 Å². The number of benzene rings is 1. The van der Waals surface area contributed by atoms with E-state index in [1.807, 2.05) is 13.8 Å². The summed E-state index contributed by atoms with van der Waals surface area (Å²) in [5.41, 5.74) is 1.69. The molecule has 0 spiro atoms. The molecule has 1 amide bonds. The molecular weight excluding hydrogens is 308 g/mol. The van der Waals surface area contributed by atoms with Gasteiger partial charge in [0, 0.05) is 24.5 Å². The highest BCUT2D eigenvalue weighted by molar-refractivity contribution is 6.08. The van der Waals surface area contributed by atoms with Gasteiger partial charge in [0.2, 0.25) is 5.88 Å². The van der Waals surface area contributed by atoms with E-state index in [-0.39, 0.29) is 18.6 Å². The number of aromatic nitrogens is 1. The van der Waals surface area contributed by atoms with E-state index >= 15 is 0 Å². The fraction of sp³-hybridized carbons (Fsp3) is 0.278. The zero-order valence-electron chi connectivity index (χ0n) is 13.5. The maximum absolute atomic E-state index is 12.8. The maximum atomic E-state index is 12.8. The van der Waals surface area contributed by atoms with Crippen LogP contribution in [0.5, 0.6) is 5.88 Å². The summed E-state index contributed by atoms with van der Waals surface area (Å²) < 4.78 is 5.47. The third-order valence-electron chi connectivity index (χ3n) is 3.85. The second-order valence-electron chi connectivity index (χ2n) is 5.92. The highest BCUT2D eigenvalue weighted by Crippen LogP contribution is 2.37. The van der Waals surface area contributed by atoms with Crippen LogP contribution in [0.2, 0.25) is 0 Å². The lowest BCUT2D eigenvalue weighted by atomic mass is 10.0. The number of carbonyl (C=O) groups is 2. The molecule has 0 bridgehead atoms. The monoisotopic (exact) mass is 326 g/mol. The maximum Gasteiger partial charge on any atom is 0.312 e. The summed E-state index contributed by atoms with van der Waals surface area (Å²) in [6.45, 7) is 3.92. The Balaban J connectivity index is 1.87. The van der Waals surface area contributed by atoms with Crippen molar-refractivity contribution in [2.75, 3.05) is 11.4 Å². The third kappa shape index (κ3) is 2.95. The highest BCUT2D eigenvalue weighted by atomic mass is 16.5. The number of fused-ring (bicyclic) bond motifs is 1. The largest absolute Gasteiger partial charge is 0.481 e. The molecule has 124 valence electrons. The normalized spacial score (nSPS) is 16.1. The van der Waals surface area contributed by atoms with Crippen molar-refractivity contribution in [2.45, 2.75) is 25.9 Å². The van der Waals surface area contributed by atoms with Crippen molar-refractivity contribution >= 4 is 17.6 Å². The fourth-order valence-corrected chi connectivity index (χ4v) is 2.78. The van der Waals surface area contributed by atoms with Gasteiger partial charge in [-0.2, -0.15) is 0 Å². The van der Waals surface area contributed by atoms with Gasteiger partial charge in [-0.15, -0.1) is 0 Å². The summed E-state index contributed by atoms with van der Waals surface area (Å²) >= 11 is 0. The van der Waals surface area contributed by atoms with Crippen LogP contribution >= 0.6 is 0 Å². The molecule has 3 rings (SSSR count). The standard InChI is InChI=1S/C18H18N2O4/c1-11(2)24-16-8-7-12(9-19-16)17(21)20-10-14(18(22)23)13-5-3-4-6-15(13)20/h3-9,11,14H,10H2,1-2H3,(H,22,23). The van der Waals surface area contributed by atoms with Gasteiger partial charge in [-0.1, -0.05) is 18.2 Å². The van der Waals surface area contributed by atoms with Crippen LogP contribution < -0.4 is 9.64 Å². The van der Waals surface area contributed by atoms with Crippen LogP contribution in [0.4, 0.5) is 5.69 Å². The number of nitrogens with zero attached hydrogens (tertiary/aromatic N) is 2. The quantitative estimate of drug-likeness (QED) is 0.934. The van der Waals surface area contributed by atoms with E-state index in [1.165, 1.54) is 11.1 Å². The Hall–Kier alpha value is -2.89. The van der Waals surface area contributed by atoms with Crippen molar-refractivity contribution in [3.8, 4) is 5.88 Å². The number of rotatable bonds is 4. The van der Waals surface area contributed by atoms with Crippen LogP contribution in [-0.4, -0.2) is 34.6 Å². The zero-order valence-corrected chi connectivity index (χ0v) is 13.5. The molecular formula is C18H18N2O4. The molecule has 0 saturated heterocycles. The third-order valence-corrected chi connectivity index (χ3v) is 3.85. The van der Waals surface area contributed by atoms with E-state index in [9.17, 15) is 14.7 Å². The van der Waals surface area contributed by atoms with E-state index in [4.69, 9.17) is 4.74 Å². The van der Waals surface area contributed by atoms with Gasteiger partial charge >= 0.3 is 5.97 Å². The topological polar surface area (TPSA) is 79.7 Å². The second kappa shape index (κ2) is 6.31. The fourth-order valence-electron chi connectivity index (χ4n) is 2.78. The summed E-state index contributed by atoms with van der Waals surface area (Å²) in [6, 6.07) is 10.4. The SMILES string of the molecule is CC(C)Oc1ccc(C(=O)N2CC(C(=O)O)c3ccccc32)cn1. The summed E-state index contributed by atoms with van der Waals surface area (Å²) in [6.07, 6.45) is 1.46. The lowest BCUT2D eigenvalue weighted by Gasteiger charge is -2.17. The van der Waals surface area contributed by atoms with Crippen LogP contribution in [0.1, 0.15) is 35.7 Å². The smallest absolute Gasteiger partial charge is 0.312 e. The van der Waals surface area contributed by atoms with Crippen molar-refractivity contribution in [3.05, 3.63) is 53.7 Å². The molecule has 0 aliphatic carbocycles. The first-order valence-corrected chi connectivity index (χ1v) is 7.73. The molecule has 1 aliphatic rings. The molecule has 1 aliphatic heterocycles. The lowest BCUT2D eigenvalue weighted by Crippen LogP contribution is -2.31. The lowest BCUT2D eigenvalue weighted by molar-refractivity contribution is -0.138. The Morgan fingerprint density at radius 2 is 2.00 bits per heavy atom. The number of pyridine rings is 1. The molecule has 2 aromatic rings. The summed E-state index contributed by atoms with van der Waals surface area (Å²) in [5, 5.41) is 9.38. The average Bonchev–Trinajstić information content (AvgIpc) is 2.94. The first kappa shape index (κ1) is 16.0. The van der Waals surface area contributed by atoms with Gasteiger partial charge in [0.1, 0.15) is 5.92 Å². The number of carbonyl (C=O) groups excluding carboxylic acids is 1. The van der Waals surface area contributed by atoms with Gasteiger partial charge in [0.25, 0.3) is 5.91 Å². The summed E-state index contributed by atoms with van der Waals surface area (Å²) in [5.74, 6) is -1.46. The van der Waals surface area contributed by atoms with Gasteiger partial charge < -0.3 is 14.7 Å². The van der Waals surface area contributed by atoms with Crippen LogP contribution in [0.3, 0.4) is 0 Å². The van der Waals surface area contributed by atoms with E-state index < -0.39 is 11.9 Å². The van der Waals surface area contributed by atoms with Gasteiger partial charge in [0.15, 0.2) is 0 Å². The number of amides is 1. The molecule has 1 unspecified atom stereocenters. The van der Waals surface area contributed by atoms with Crippen molar-refractivity contribution in [1.82, 2.24) is 4.98 Å². The number of para-hydroxylation sites is 1. The van der Waals surface area contributed by atoms with Crippen molar-refractivity contribution in [3.63, 3.8) is 0 Å². The Kier molecular flexibility index (Phi) is 4.20. The molecule has 1 atom stereocenters. The Bertz CT molecular complexity index is 771. The molecule has 24 heavy (non-hydrogen) atoms. The Morgan fingerprint density at radius 3 is 2.62 bits per heavy atom. The first-order chi connectivity index (χ1) is 11.5. The summed E-state index contributed by atoms with van der Waals surface area (Å²) in [7, 11) is 0. The number of anilines is 1. The van der Waals surface area contributed by atoms with Crippen molar-refractivity contribution < 1.29 is 19.4 Å². The number of carboxylic acid groups (broad SMARTS) is 1. The molecule has 6 heteroatoms. The molecule has 6 nitrogen and oxygen atoms in total. The number of carboxylic acids is 1. The van der Waals surface area contributed by atoms with Crippen LogP contribution in [0.15, 0.2) is 42.6 Å². The predicted molar refractivity (Wildman–Crippen MR) is 88.5 cm³/mol. The molecule has 1 N–H and O–H groups in total. The van der Waals surface area contributed by atoms with E-state index in [1.54, 1.807) is 36.4 Å². The van der Waals surface area contributed by atoms with Crippen molar-refractivity contribution in [2.24, 2.45) is 0 Å². The average molecular weight is 326 g/mol. The van der Waals surface area contributed by atoms with E-state index in [0.29, 0.717) is 22.7 Å². The minimum atomic E-state index is -0.934. The first-order valence-electron chi connectivity index (χ1n) is 7.73. The Labute approximate surface area is 139 Å². The van der Waals surface area contributed by atoms with E-state index in [0.717, 1.165) is 0 Å². The minimum Gasteiger partial charge on any atom is -0.481 e.